The third-order valence-corrected chi connectivity index (χ3v) is 2.86. The molecule has 5 nitrogen and oxygen atoms in total. The van der Waals surface area contributed by atoms with Crippen LogP contribution in [0.25, 0.3) is 0 Å². The number of aliphatic hydroxyl groups is 1. The Balaban J connectivity index is 2.66. The normalized spacial score (nSPS) is 12.1. The van der Waals surface area contributed by atoms with Gasteiger partial charge in [0.05, 0.1) is 12.6 Å². The van der Waals surface area contributed by atoms with Crippen molar-refractivity contribution in [1.29, 1.82) is 0 Å². The number of anilines is 1. The third kappa shape index (κ3) is 5.95. The third-order valence-electron chi connectivity index (χ3n) is 2.86. The van der Waals surface area contributed by atoms with E-state index in [1.54, 1.807) is 19.1 Å². The van der Waals surface area contributed by atoms with Gasteiger partial charge >= 0.3 is 6.03 Å². The SMILES string of the molecule is CCC(CO)NC(=O)Nc1ccc(C)c(OCC(F)F)c1. The molecular weight excluding hydrogens is 282 g/mol. The number of carbonyl (C=O) groups excluding carboxylic acids is 1. The van der Waals surface area contributed by atoms with Crippen LogP contribution in [0, 0.1) is 6.92 Å². The second kappa shape index (κ2) is 8.41. The molecule has 0 aliphatic carbocycles. The van der Waals surface area contributed by atoms with Crippen LogP contribution in [-0.4, -0.2) is 36.8 Å². The van der Waals surface area contributed by atoms with Crippen molar-refractivity contribution in [1.82, 2.24) is 5.32 Å². The van der Waals surface area contributed by atoms with Crippen molar-refractivity contribution >= 4 is 11.7 Å². The number of aliphatic hydroxyl groups excluding tert-OH is 1. The summed E-state index contributed by atoms with van der Waals surface area (Å²) >= 11 is 0. The smallest absolute Gasteiger partial charge is 0.319 e. The van der Waals surface area contributed by atoms with E-state index < -0.39 is 19.1 Å². The maximum Gasteiger partial charge on any atom is 0.319 e. The van der Waals surface area contributed by atoms with Crippen molar-refractivity contribution in [2.75, 3.05) is 18.5 Å². The molecule has 1 unspecified atom stereocenters. The van der Waals surface area contributed by atoms with Crippen LogP contribution >= 0.6 is 0 Å². The highest BCUT2D eigenvalue weighted by molar-refractivity contribution is 5.89. The molecule has 0 bridgehead atoms. The Morgan fingerprint density at radius 2 is 2.14 bits per heavy atom. The summed E-state index contributed by atoms with van der Waals surface area (Å²) in [6, 6.07) is 3.99. The molecule has 0 spiro atoms. The van der Waals surface area contributed by atoms with Crippen LogP contribution in [0.4, 0.5) is 19.3 Å². The molecule has 0 aromatic heterocycles. The number of rotatable bonds is 7. The van der Waals surface area contributed by atoms with Crippen molar-refractivity contribution in [3.05, 3.63) is 23.8 Å². The van der Waals surface area contributed by atoms with Gasteiger partial charge in [-0.3, -0.25) is 0 Å². The zero-order valence-electron chi connectivity index (χ0n) is 12.0. The van der Waals surface area contributed by atoms with E-state index in [0.717, 1.165) is 0 Å². The highest BCUT2D eigenvalue weighted by Gasteiger charge is 2.11. The van der Waals surface area contributed by atoms with Gasteiger partial charge in [-0.25, -0.2) is 13.6 Å². The van der Waals surface area contributed by atoms with E-state index in [1.165, 1.54) is 6.07 Å². The number of nitrogens with one attached hydrogen (secondary N) is 2. The van der Waals surface area contributed by atoms with E-state index in [1.807, 2.05) is 6.92 Å². The molecule has 0 saturated carbocycles. The van der Waals surface area contributed by atoms with Gasteiger partial charge in [-0.1, -0.05) is 13.0 Å². The average Bonchev–Trinajstić information content (AvgIpc) is 2.45. The summed E-state index contributed by atoms with van der Waals surface area (Å²) in [5, 5.41) is 14.2. The lowest BCUT2D eigenvalue weighted by molar-refractivity contribution is 0.0816. The summed E-state index contributed by atoms with van der Waals surface area (Å²) in [5.74, 6) is 0.294. The van der Waals surface area contributed by atoms with Crippen LogP contribution in [0.15, 0.2) is 18.2 Å². The number of ether oxygens (including phenoxy) is 1. The second-order valence-electron chi connectivity index (χ2n) is 4.57. The predicted molar refractivity (Wildman–Crippen MR) is 76.0 cm³/mol. The van der Waals surface area contributed by atoms with E-state index in [4.69, 9.17) is 9.84 Å². The maximum atomic E-state index is 12.2. The van der Waals surface area contributed by atoms with Crippen molar-refractivity contribution in [2.45, 2.75) is 32.7 Å². The lowest BCUT2D eigenvalue weighted by atomic mass is 10.2. The van der Waals surface area contributed by atoms with E-state index >= 15 is 0 Å². The molecule has 7 heteroatoms. The minimum Gasteiger partial charge on any atom is -0.487 e. The number of aryl methyl sites for hydroxylation is 1. The fourth-order valence-corrected chi connectivity index (χ4v) is 1.62. The molecule has 0 saturated heterocycles. The Bertz CT molecular complexity index is 466. The fourth-order valence-electron chi connectivity index (χ4n) is 1.62. The number of carbonyl (C=O) groups is 1. The molecule has 1 aromatic carbocycles. The first-order valence-electron chi connectivity index (χ1n) is 6.66. The lowest BCUT2D eigenvalue weighted by Crippen LogP contribution is -2.39. The topological polar surface area (TPSA) is 70.6 Å². The van der Waals surface area contributed by atoms with Gasteiger partial charge in [0.25, 0.3) is 6.43 Å². The fraction of sp³-hybridized carbons (Fsp3) is 0.500. The molecule has 0 aliphatic heterocycles. The maximum absolute atomic E-state index is 12.2. The quantitative estimate of drug-likeness (QED) is 0.725. The molecular formula is C14H20F2N2O3. The molecule has 118 valence electrons. The van der Waals surface area contributed by atoms with Crippen LogP contribution in [-0.2, 0) is 0 Å². The summed E-state index contributed by atoms with van der Waals surface area (Å²) in [7, 11) is 0. The van der Waals surface area contributed by atoms with E-state index in [2.05, 4.69) is 10.6 Å². The summed E-state index contributed by atoms with van der Waals surface area (Å²) in [6.07, 6.45) is -1.96. The van der Waals surface area contributed by atoms with Gasteiger partial charge in [0.15, 0.2) is 0 Å². The van der Waals surface area contributed by atoms with Crippen molar-refractivity contribution < 1.29 is 23.4 Å². The van der Waals surface area contributed by atoms with Gasteiger partial charge in [0, 0.05) is 11.8 Å². The summed E-state index contributed by atoms with van der Waals surface area (Å²) in [5.41, 5.74) is 1.12. The first kappa shape index (κ1) is 17.2. The van der Waals surface area contributed by atoms with Crippen molar-refractivity contribution in [3.63, 3.8) is 0 Å². The molecule has 21 heavy (non-hydrogen) atoms. The number of alkyl halides is 2. The Kier molecular flexibility index (Phi) is 6.87. The number of urea groups is 1. The molecule has 0 fully saturated rings. The molecule has 1 aromatic rings. The van der Waals surface area contributed by atoms with E-state index in [9.17, 15) is 13.6 Å². The Morgan fingerprint density at radius 3 is 2.71 bits per heavy atom. The van der Waals surface area contributed by atoms with Crippen molar-refractivity contribution in [3.8, 4) is 5.75 Å². The lowest BCUT2D eigenvalue weighted by Gasteiger charge is -2.15. The van der Waals surface area contributed by atoms with Crippen molar-refractivity contribution in [2.24, 2.45) is 0 Å². The predicted octanol–water partition coefficient (Wildman–Crippen LogP) is 2.53. The number of benzene rings is 1. The van der Waals surface area contributed by atoms with Crippen LogP contribution in [0.1, 0.15) is 18.9 Å². The van der Waals surface area contributed by atoms with Crippen LogP contribution in [0.3, 0.4) is 0 Å². The first-order chi connectivity index (χ1) is 9.96. The molecule has 0 radical (unpaired) electrons. The number of hydrogen-bond acceptors (Lipinski definition) is 3. The second-order valence-corrected chi connectivity index (χ2v) is 4.57. The van der Waals surface area contributed by atoms with Crippen LogP contribution in [0.5, 0.6) is 5.75 Å². The Morgan fingerprint density at radius 1 is 1.43 bits per heavy atom. The minimum atomic E-state index is -2.56. The zero-order chi connectivity index (χ0) is 15.8. The van der Waals surface area contributed by atoms with Gasteiger partial charge < -0.3 is 20.5 Å². The molecule has 1 atom stereocenters. The monoisotopic (exact) mass is 302 g/mol. The number of amides is 2. The summed E-state index contributed by atoms with van der Waals surface area (Å²) in [4.78, 5) is 11.7. The number of halogens is 2. The highest BCUT2D eigenvalue weighted by atomic mass is 19.3. The van der Waals surface area contributed by atoms with Gasteiger partial charge in [-0.2, -0.15) is 0 Å². The van der Waals surface area contributed by atoms with E-state index in [-0.39, 0.29) is 12.6 Å². The van der Waals surface area contributed by atoms with Gasteiger partial charge in [0.1, 0.15) is 12.4 Å². The van der Waals surface area contributed by atoms with Crippen LogP contribution < -0.4 is 15.4 Å². The number of hydrogen-bond donors (Lipinski definition) is 3. The molecule has 0 aliphatic rings. The molecule has 3 N–H and O–H groups in total. The Hall–Kier alpha value is -1.89. The molecule has 0 heterocycles. The zero-order valence-corrected chi connectivity index (χ0v) is 12.0. The first-order valence-corrected chi connectivity index (χ1v) is 6.66. The van der Waals surface area contributed by atoms with Crippen LogP contribution in [0.2, 0.25) is 0 Å². The van der Waals surface area contributed by atoms with Gasteiger partial charge in [0.2, 0.25) is 0 Å². The summed E-state index contributed by atoms with van der Waals surface area (Å²) in [6.45, 7) is 2.71. The Labute approximate surface area is 122 Å². The standard InChI is InChI=1S/C14H20F2N2O3/c1-3-10(7-19)17-14(20)18-11-5-4-9(2)12(6-11)21-8-13(15)16/h4-6,10,13,19H,3,7-8H2,1-2H3,(H2,17,18,20). The molecule has 2 amide bonds. The minimum absolute atomic E-state index is 0.152. The highest BCUT2D eigenvalue weighted by Crippen LogP contribution is 2.23. The van der Waals surface area contributed by atoms with Gasteiger partial charge in [-0.05, 0) is 25.0 Å². The van der Waals surface area contributed by atoms with Gasteiger partial charge in [-0.15, -0.1) is 0 Å². The van der Waals surface area contributed by atoms with E-state index in [0.29, 0.717) is 23.4 Å². The molecule has 1 rings (SSSR count). The largest absolute Gasteiger partial charge is 0.487 e. The summed E-state index contributed by atoms with van der Waals surface area (Å²) < 4.78 is 29.3. The average molecular weight is 302 g/mol.